The van der Waals surface area contributed by atoms with Gasteiger partial charge in [-0.15, -0.1) is 0 Å². The van der Waals surface area contributed by atoms with Gasteiger partial charge in [0.2, 0.25) is 0 Å². The molecule has 2 aliphatic rings. The number of rotatable bonds is 2. The molecular weight excluding hydrogens is 200 g/mol. The van der Waals surface area contributed by atoms with Gasteiger partial charge >= 0.3 is 0 Å². The zero-order valence-electron chi connectivity index (χ0n) is 9.23. The summed E-state index contributed by atoms with van der Waals surface area (Å²) in [7, 11) is 0. The highest BCUT2D eigenvalue weighted by Gasteiger charge is 2.35. The van der Waals surface area contributed by atoms with Crippen LogP contribution in [0.1, 0.15) is 10.4 Å². The van der Waals surface area contributed by atoms with Crippen LogP contribution >= 0.6 is 0 Å². The van der Waals surface area contributed by atoms with E-state index < -0.39 is 0 Å². The number of carbonyl (C=O) groups is 1. The summed E-state index contributed by atoms with van der Waals surface area (Å²) in [6.07, 6.45) is 0.895. The van der Waals surface area contributed by atoms with E-state index in [1.807, 2.05) is 12.1 Å². The van der Waals surface area contributed by atoms with Crippen molar-refractivity contribution in [1.82, 2.24) is 5.32 Å². The number of benzene rings is 1. The summed E-state index contributed by atoms with van der Waals surface area (Å²) in [4.78, 5) is 13.0. The normalized spacial score (nSPS) is 28.1. The van der Waals surface area contributed by atoms with E-state index in [1.54, 1.807) is 0 Å². The molecule has 3 rings (SSSR count). The van der Waals surface area contributed by atoms with Crippen molar-refractivity contribution < 1.29 is 4.79 Å². The summed E-state index contributed by atoms with van der Waals surface area (Å²) in [6.45, 7) is 4.62. The van der Waals surface area contributed by atoms with E-state index in [0.29, 0.717) is 0 Å². The molecule has 3 heteroatoms. The molecule has 2 heterocycles. The van der Waals surface area contributed by atoms with Crippen LogP contribution < -0.4 is 10.2 Å². The van der Waals surface area contributed by atoms with Gasteiger partial charge in [0.1, 0.15) is 6.29 Å². The van der Waals surface area contributed by atoms with Crippen molar-refractivity contribution in [2.24, 2.45) is 11.8 Å². The van der Waals surface area contributed by atoms with E-state index in [0.717, 1.165) is 49.9 Å². The molecule has 2 atom stereocenters. The van der Waals surface area contributed by atoms with Gasteiger partial charge in [-0.1, -0.05) is 0 Å². The average Bonchev–Trinajstić information content (AvgIpc) is 2.89. The van der Waals surface area contributed by atoms with Crippen LogP contribution in [0.15, 0.2) is 24.3 Å². The Morgan fingerprint density at radius 2 is 1.75 bits per heavy atom. The molecule has 84 valence electrons. The number of hydrogen-bond donors (Lipinski definition) is 1. The number of hydrogen-bond acceptors (Lipinski definition) is 3. The smallest absolute Gasteiger partial charge is 0.150 e. The minimum Gasteiger partial charge on any atom is -0.371 e. The molecule has 0 bridgehead atoms. The van der Waals surface area contributed by atoms with Crippen LogP contribution in [-0.2, 0) is 0 Å². The summed E-state index contributed by atoms with van der Waals surface area (Å²) in [5.74, 6) is 1.62. The van der Waals surface area contributed by atoms with Crippen LogP contribution in [0.5, 0.6) is 0 Å². The number of nitrogens with one attached hydrogen (secondary N) is 1. The van der Waals surface area contributed by atoms with Crippen LogP contribution in [0.2, 0.25) is 0 Å². The number of fused-ring (bicyclic) bond motifs is 1. The number of aldehydes is 1. The van der Waals surface area contributed by atoms with E-state index in [2.05, 4.69) is 22.3 Å². The van der Waals surface area contributed by atoms with Gasteiger partial charge < -0.3 is 10.2 Å². The minimum atomic E-state index is 0.754. The van der Waals surface area contributed by atoms with E-state index in [1.165, 1.54) is 5.69 Å². The third-order valence-electron chi connectivity index (χ3n) is 3.78. The molecule has 2 aliphatic heterocycles. The first-order chi connectivity index (χ1) is 7.86. The van der Waals surface area contributed by atoms with Gasteiger partial charge in [0.25, 0.3) is 0 Å². The molecule has 2 saturated heterocycles. The molecule has 3 nitrogen and oxygen atoms in total. The molecule has 0 aromatic heterocycles. The van der Waals surface area contributed by atoms with Crippen molar-refractivity contribution >= 4 is 12.0 Å². The molecule has 2 unspecified atom stereocenters. The fourth-order valence-corrected chi connectivity index (χ4v) is 2.83. The second-order valence-electron chi connectivity index (χ2n) is 4.79. The summed E-state index contributed by atoms with van der Waals surface area (Å²) in [5.41, 5.74) is 2.00. The molecule has 0 aliphatic carbocycles. The Morgan fingerprint density at radius 1 is 1.12 bits per heavy atom. The lowest BCUT2D eigenvalue weighted by atomic mass is 10.0. The number of anilines is 1. The fraction of sp³-hybridized carbons (Fsp3) is 0.462. The summed E-state index contributed by atoms with van der Waals surface area (Å²) < 4.78 is 0. The highest BCUT2D eigenvalue weighted by Crippen LogP contribution is 2.30. The topological polar surface area (TPSA) is 32.3 Å². The predicted molar refractivity (Wildman–Crippen MR) is 63.9 cm³/mol. The van der Waals surface area contributed by atoms with Crippen molar-refractivity contribution in [1.29, 1.82) is 0 Å². The van der Waals surface area contributed by atoms with E-state index >= 15 is 0 Å². The van der Waals surface area contributed by atoms with Gasteiger partial charge in [-0.2, -0.15) is 0 Å². The second-order valence-corrected chi connectivity index (χ2v) is 4.79. The zero-order valence-corrected chi connectivity index (χ0v) is 9.23. The molecule has 0 saturated carbocycles. The Bertz CT molecular complexity index is 375. The summed E-state index contributed by atoms with van der Waals surface area (Å²) >= 11 is 0. The van der Waals surface area contributed by atoms with E-state index in [-0.39, 0.29) is 0 Å². The lowest BCUT2D eigenvalue weighted by Gasteiger charge is -2.19. The molecule has 0 spiro atoms. The SMILES string of the molecule is O=Cc1ccc(N2CC3CNCC3C2)cc1. The Hall–Kier alpha value is -1.35. The van der Waals surface area contributed by atoms with Gasteiger partial charge in [-0.25, -0.2) is 0 Å². The highest BCUT2D eigenvalue weighted by atomic mass is 16.1. The Labute approximate surface area is 95.4 Å². The van der Waals surface area contributed by atoms with Crippen molar-refractivity contribution in [2.45, 2.75) is 0 Å². The number of carbonyl (C=O) groups excluding carboxylic acids is 1. The zero-order chi connectivity index (χ0) is 11.0. The summed E-state index contributed by atoms with van der Waals surface area (Å²) in [6, 6.07) is 7.90. The van der Waals surface area contributed by atoms with Crippen LogP contribution in [-0.4, -0.2) is 32.5 Å². The van der Waals surface area contributed by atoms with Crippen molar-refractivity contribution in [2.75, 3.05) is 31.1 Å². The third-order valence-corrected chi connectivity index (χ3v) is 3.78. The van der Waals surface area contributed by atoms with Crippen molar-refractivity contribution in [3.63, 3.8) is 0 Å². The molecule has 16 heavy (non-hydrogen) atoms. The fourth-order valence-electron chi connectivity index (χ4n) is 2.83. The quantitative estimate of drug-likeness (QED) is 0.753. The van der Waals surface area contributed by atoms with Crippen molar-refractivity contribution in [3.8, 4) is 0 Å². The monoisotopic (exact) mass is 216 g/mol. The van der Waals surface area contributed by atoms with Crippen LogP contribution in [0.3, 0.4) is 0 Å². The van der Waals surface area contributed by atoms with Gasteiger partial charge in [-0.3, -0.25) is 4.79 Å². The van der Waals surface area contributed by atoms with Crippen LogP contribution in [0, 0.1) is 11.8 Å². The molecule has 2 fully saturated rings. The minimum absolute atomic E-state index is 0.754. The first kappa shape index (κ1) is 9.85. The largest absolute Gasteiger partial charge is 0.371 e. The van der Waals surface area contributed by atoms with Crippen molar-refractivity contribution in [3.05, 3.63) is 29.8 Å². The second kappa shape index (κ2) is 3.91. The highest BCUT2D eigenvalue weighted by molar-refractivity contribution is 5.75. The maximum absolute atomic E-state index is 10.6. The Balaban J connectivity index is 1.75. The number of nitrogens with zero attached hydrogens (tertiary/aromatic N) is 1. The summed E-state index contributed by atoms with van der Waals surface area (Å²) in [5, 5.41) is 3.44. The first-order valence-corrected chi connectivity index (χ1v) is 5.88. The molecule has 0 amide bonds. The lowest BCUT2D eigenvalue weighted by Crippen LogP contribution is -2.25. The van der Waals surface area contributed by atoms with E-state index in [4.69, 9.17) is 0 Å². The Kier molecular flexibility index (Phi) is 2.40. The predicted octanol–water partition coefficient (Wildman–Crippen LogP) is 1.15. The molecule has 1 N–H and O–H groups in total. The lowest BCUT2D eigenvalue weighted by molar-refractivity contribution is 0.112. The van der Waals surface area contributed by atoms with E-state index in [9.17, 15) is 4.79 Å². The molecule has 0 radical (unpaired) electrons. The Morgan fingerprint density at radius 3 is 2.31 bits per heavy atom. The van der Waals surface area contributed by atoms with Gasteiger partial charge in [0.15, 0.2) is 0 Å². The van der Waals surface area contributed by atoms with Gasteiger partial charge in [0, 0.05) is 37.4 Å². The maximum Gasteiger partial charge on any atom is 0.150 e. The van der Waals surface area contributed by atoms with Crippen LogP contribution in [0.4, 0.5) is 5.69 Å². The van der Waals surface area contributed by atoms with Gasteiger partial charge in [0.05, 0.1) is 0 Å². The first-order valence-electron chi connectivity index (χ1n) is 5.88. The molecule has 1 aromatic rings. The molecular formula is C13H16N2O. The maximum atomic E-state index is 10.6. The standard InChI is InChI=1S/C13H16N2O/c16-9-10-1-3-13(4-2-10)15-7-11-5-14-6-12(11)8-15/h1-4,9,11-12,14H,5-8H2. The van der Waals surface area contributed by atoms with Gasteiger partial charge in [-0.05, 0) is 36.1 Å². The third kappa shape index (κ3) is 1.61. The van der Waals surface area contributed by atoms with Crippen LogP contribution in [0.25, 0.3) is 0 Å². The average molecular weight is 216 g/mol. The molecule has 1 aromatic carbocycles.